The lowest BCUT2D eigenvalue weighted by atomic mass is 9.94. The molecule has 2 atom stereocenters. The van der Waals surface area contributed by atoms with E-state index in [-0.39, 0.29) is 17.8 Å². The Labute approximate surface area is 220 Å². The molecule has 1 fully saturated rings. The largest absolute Gasteiger partial charge is 0.349 e. The summed E-state index contributed by atoms with van der Waals surface area (Å²) in [5.74, 6) is -0.383. The molecule has 0 saturated heterocycles. The molecule has 6 rings (SSSR count). The fourth-order valence-corrected chi connectivity index (χ4v) is 7.15. The summed E-state index contributed by atoms with van der Waals surface area (Å²) in [7, 11) is -3.46. The summed E-state index contributed by atoms with van der Waals surface area (Å²) >= 11 is 0. The van der Waals surface area contributed by atoms with Gasteiger partial charge in [-0.3, -0.25) is 14.9 Å². The van der Waals surface area contributed by atoms with Gasteiger partial charge in [-0.2, -0.15) is 10.2 Å². The fraction of sp³-hybridized carbons (Fsp3) is 0.286. The molecule has 3 aromatic heterocycles. The molecule has 10 heteroatoms. The number of aromatic nitrogens is 5. The number of rotatable bonds is 6. The minimum Gasteiger partial charge on any atom is -0.349 e. The number of hydrogen-bond donors (Lipinski definition) is 2. The zero-order chi connectivity index (χ0) is 26.3. The predicted molar refractivity (Wildman–Crippen MR) is 146 cm³/mol. The minimum absolute atomic E-state index is 0.166. The van der Waals surface area contributed by atoms with E-state index < -0.39 is 15.1 Å². The molecular weight excluding hydrogens is 500 g/mol. The number of amides is 1. The molecular formula is C28H28N6O3S. The third kappa shape index (κ3) is 4.67. The van der Waals surface area contributed by atoms with Crippen molar-refractivity contribution in [2.45, 2.75) is 49.8 Å². The maximum Gasteiger partial charge on any atom is 0.251 e. The average Bonchev–Trinajstić information content (AvgIpc) is 3.52. The highest BCUT2D eigenvalue weighted by molar-refractivity contribution is 7.91. The molecule has 3 heterocycles. The Bertz CT molecular complexity index is 1760. The van der Waals surface area contributed by atoms with Gasteiger partial charge in [-0.25, -0.2) is 13.1 Å². The van der Waals surface area contributed by atoms with Crippen molar-refractivity contribution in [2.75, 3.05) is 0 Å². The molecule has 194 valence electrons. The molecule has 0 spiro atoms. The van der Waals surface area contributed by atoms with Crippen LogP contribution in [-0.2, 0) is 15.7 Å². The Morgan fingerprint density at radius 3 is 2.87 bits per heavy atom. The number of benzene rings is 2. The number of aromatic amines is 1. The molecule has 38 heavy (non-hydrogen) atoms. The third-order valence-corrected chi connectivity index (χ3v) is 9.37. The quantitative estimate of drug-likeness (QED) is 0.337. The summed E-state index contributed by atoms with van der Waals surface area (Å²) in [6.45, 7) is 1.92. The molecule has 1 aliphatic carbocycles. The SMILES string of the molecule is Cc1cc(-c2n[nH]c3ccc(C(=O)NC4CCCC(S(=O)(=O)Cn5ncc6ccccc65)C4)cc23)ccn1. The maximum absolute atomic E-state index is 13.3. The fourth-order valence-electron chi connectivity index (χ4n) is 5.34. The van der Waals surface area contributed by atoms with Crippen LogP contribution in [-0.4, -0.2) is 50.6 Å². The molecule has 0 aliphatic heterocycles. The van der Waals surface area contributed by atoms with Crippen LogP contribution in [0.5, 0.6) is 0 Å². The van der Waals surface area contributed by atoms with Crippen LogP contribution < -0.4 is 5.32 Å². The average molecular weight is 529 g/mol. The van der Waals surface area contributed by atoms with Gasteiger partial charge in [-0.05, 0) is 62.6 Å². The Balaban J connectivity index is 1.17. The second kappa shape index (κ2) is 9.68. The molecule has 2 unspecified atom stereocenters. The number of hydrogen-bond acceptors (Lipinski definition) is 6. The van der Waals surface area contributed by atoms with Gasteiger partial charge in [-0.15, -0.1) is 0 Å². The normalized spacial score (nSPS) is 18.1. The number of aryl methyl sites for hydroxylation is 1. The number of carbonyl (C=O) groups is 1. The van der Waals surface area contributed by atoms with Crippen molar-refractivity contribution in [3.63, 3.8) is 0 Å². The number of fused-ring (bicyclic) bond motifs is 2. The molecule has 0 radical (unpaired) electrons. The predicted octanol–water partition coefficient (Wildman–Crippen LogP) is 4.40. The number of sulfone groups is 1. The van der Waals surface area contributed by atoms with Crippen LogP contribution >= 0.6 is 0 Å². The van der Waals surface area contributed by atoms with Crippen molar-refractivity contribution in [3.8, 4) is 11.3 Å². The van der Waals surface area contributed by atoms with E-state index >= 15 is 0 Å². The third-order valence-electron chi connectivity index (χ3n) is 7.32. The number of pyridine rings is 1. The van der Waals surface area contributed by atoms with Crippen molar-refractivity contribution in [1.82, 2.24) is 30.3 Å². The highest BCUT2D eigenvalue weighted by Gasteiger charge is 2.33. The Morgan fingerprint density at radius 1 is 1.13 bits per heavy atom. The summed E-state index contributed by atoms with van der Waals surface area (Å²) in [6.07, 6.45) is 5.89. The van der Waals surface area contributed by atoms with Crippen LogP contribution in [0.4, 0.5) is 0 Å². The second-order valence-electron chi connectivity index (χ2n) is 9.97. The van der Waals surface area contributed by atoms with E-state index in [1.54, 1.807) is 23.1 Å². The van der Waals surface area contributed by atoms with Gasteiger partial charge in [0.15, 0.2) is 9.84 Å². The van der Waals surface area contributed by atoms with Crippen LogP contribution in [0.15, 0.2) is 67.0 Å². The minimum atomic E-state index is -3.46. The summed E-state index contributed by atoms with van der Waals surface area (Å²) in [5, 5.41) is 16.1. The number of H-pyrrole nitrogens is 1. The van der Waals surface area contributed by atoms with Gasteiger partial charge in [0.2, 0.25) is 0 Å². The second-order valence-corrected chi connectivity index (χ2v) is 12.2. The standard InChI is InChI=1S/C28H28N6O3S/c1-18-13-19(11-12-29-18)27-24-14-20(9-10-25(24)32-33-27)28(35)31-22-6-4-7-23(15-22)38(36,37)17-34-26-8-3-2-5-21(26)16-30-34/h2-3,5,8-14,16,22-23H,4,6-7,15,17H2,1H3,(H,31,35)(H,32,33). The van der Waals surface area contributed by atoms with Crippen molar-refractivity contribution >= 4 is 37.6 Å². The topological polar surface area (TPSA) is 123 Å². The highest BCUT2D eigenvalue weighted by Crippen LogP contribution is 2.29. The number of nitrogens with one attached hydrogen (secondary N) is 2. The first-order valence-electron chi connectivity index (χ1n) is 12.7. The number of carbonyl (C=O) groups excluding carboxylic acids is 1. The van der Waals surface area contributed by atoms with Crippen LogP contribution in [0.2, 0.25) is 0 Å². The summed E-state index contributed by atoms with van der Waals surface area (Å²) in [4.78, 5) is 17.5. The Morgan fingerprint density at radius 2 is 2.00 bits per heavy atom. The molecule has 1 saturated carbocycles. The van der Waals surface area contributed by atoms with Gasteiger partial charge in [0.05, 0.1) is 22.5 Å². The van der Waals surface area contributed by atoms with Crippen molar-refractivity contribution in [3.05, 3.63) is 78.2 Å². The van der Waals surface area contributed by atoms with E-state index in [4.69, 9.17) is 0 Å². The first-order valence-corrected chi connectivity index (χ1v) is 14.4. The monoisotopic (exact) mass is 528 g/mol. The van der Waals surface area contributed by atoms with Gasteiger partial charge < -0.3 is 5.32 Å². The van der Waals surface area contributed by atoms with Crippen molar-refractivity contribution in [1.29, 1.82) is 0 Å². The van der Waals surface area contributed by atoms with E-state index in [9.17, 15) is 13.2 Å². The van der Waals surface area contributed by atoms with Crippen molar-refractivity contribution < 1.29 is 13.2 Å². The van der Waals surface area contributed by atoms with Crippen LogP contribution in [0.25, 0.3) is 33.1 Å². The highest BCUT2D eigenvalue weighted by atomic mass is 32.2. The number of para-hydroxylation sites is 1. The van der Waals surface area contributed by atoms with Crippen LogP contribution in [0.1, 0.15) is 41.7 Å². The van der Waals surface area contributed by atoms with Crippen LogP contribution in [0.3, 0.4) is 0 Å². The molecule has 9 nitrogen and oxygen atoms in total. The van der Waals surface area contributed by atoms with E-state index in [2.05, 4.69) is 25.6 Å². The maximum atomic E-state index is 13.3. The zero-order valence-corrected chi connectivity index (χ0v) is 21.8. The smallest absolute Gasteiger partial charge is 0.251 e. The zero-order valence-electron chi connectivity index (χ0n) is 21.0. The molecule has 0 bridgehead atoms. The van der Waals surface area contributed by atoms with Gasteiger partial charge in [-0.1, -0.05) is 24.6 Å². The summed E-state index contributed by atoms with van der Waals surface area (Å²) < 4.78 is 28.2. The van der Waals surface area contributed by atoms with E-state index in [1.807, 2.05) is 55.5 Å². The molecule has 2 aromatic carbocycles. The summed E-state index contributed by atoms with van der Waals surface area (Å²) in [5.41, 5.74) is 4.71. The van der Waals surface area contributed by atoms with Crippen LogP contribution in [0, 0.1) is 6.92 Å². The Hall–Kier alpha value is -4.05. The Kier molecular flexibility index (Phi) is 6.19. The lowest BCUT2D eigenvalue weighted by Crippen LogP contribution is -2.42. The van der Waals surface area contributed by atoms with Crippen molar-refractivity contribution in [2.24, 2.45) is 0 Å². The van der Waals surface area contributed by atoms with Gasteiger partial charge in [0.1, 0.15) is 11.6 Å². The van der Waals surface area contributed by atoms with E-state index in [0.717, 1.165) is 51.6 Å². The first kappa shape index (κ1) is 24.3. The van der Waals surface area contributed by atoms with Gasteiger partial charge >= 0.3 is 0 Å². The summed E-state index contributed by atoms with van der Waals surface area (Å²) in [6, 6.07) is 16.6. The number of nitrogens with zero attached hydrogens (tertiary/aromatic N) is 4. The molecule has 5 aromatic rings. The van der Waals surface area contributed by atoms with Gasteiger partial charge in [0.25, 0.3) is 5.91 Å². The lowest BCUT2D eigenvalue weighted by molar-refractivity contribution is 0.0928. The van der Waals surface area contributed by atoms with E-state index in [1.165, 1.54) is 0 Å². The van der Waals surface area contributed by atoms with Gasteiger partial charge in [0, 0.05) is 39.8 Å². The first-order chi connectivity index (χ1) is 18.4. The molecule has 1 amide bonds. The van der Waals surface area contributed by atoms with E-state index in [0.29, 0.717) is 18.4 Å². The molecule has 1 aliphatic rings. The lowest BCUT2D eigenvalue weighted by Gasteiger charge is -2.29. The molecule has 2 N–H and O–H groups in total.